The fourth-order valence-corrected chi connectivity index (χ4v) is 5.02. The van der Waals surface area contributed by atoms with Crippen LogP contribution in [0.25, 0.3) is 22.3 Å². The van der Waals surface area contributed by atoms with Crippen LogP contribution < -0.4 is 0 Å². The van der Waals surface area contributed by atoms with Crippen LogP contribution in [0.2, 0.25) is 0 Å². The Morgan fingerprint density at radius 3 is 2.12 bits per heavy atom. The molecule has 172 valence electrons. The Kier molecular flexibility index (Phi) is 7.37. The van der Waals surface area contributed by atoms with E-state index in [1.807, 2.05) is 24.3 Å². The number of rotatable bonds is 7. The fourth-order valence-electron chi connectivity index (χ4n) is 5.02. The average Bonchev–Trinajstić information content (AvgIpc) is 2.85. The van der Waals surface area contributed by atoms with E-state index in [9.17, 15) is 13.2 Å². The minimum absolute atomic E-state index is 0.153. The van der Waals surface area contributed by atoms with E-state index >= 15 is 0 Å². The van der Waals surface area contributed by atoms with Crippen LogP contribution in [0.5, 0.6) is 0 Å². The van der Waals surface area contributed by atoms with Crippen LogP contribution in [0.3, 0.4) is 0 Å². The Hall–Kier alpha value is -2.81. The third kappa shape index (κ3) is 5.08. The highest BCUT2D eigenvalue weighted by atomic mass is 19.2. The summed E-state index contributed by atoms with van der Waals surface area (Å²) < 4.78 is 44.1. The summed E-state index contributed by atoms with van der Waals surface area (Å²) in [6.07, 6.45) is 8.38. The summed E-state index contributed by atoms with van der Waals surface area (Å²) in [6, 6.07) is 15.9. The number of hydrogen-bond donors (Lipinski definition) is 0. The monoisotopic (exact) mass is 448 g/mol. The maximum Gasteiger partial charge on any atom is 0.166 e. The standard InChI is InChI=1S/C30H31F3/c1-3-5-6-24-15-18-27(30(33)29(24)32)23-13-11-21(12-14-23)25-16-17-26(28(31)19-25)22-9-7-20(4-2)8-10-22/h3,11-20,22H,1,4-10H2,2H3. The predicted octanol–water partition coefficient (Wildman–Crippen LogP) is 9.24. The lowest BCUT2D eigenvalue weighted by Gasteiger charge is -2.28. The van der Waals surface area contributed by atoms with Crippen LogP contribution in [-0.4, -0.2) is 0 Å². The van der Waals surface area contributed by atoms with Crippen molar-refractivity contribution in [3.63, 3.8) is 0 Å². The van der Waals surface area contributed by atoms with Gasteiger partial charge in [0.05, 0.1) is 0 Å². The third-order valence-corrected chi connectivity index (χ3v) is 7.17. The molecule has 0 saturated heterocycles. The molecule has 0 bridgehead atoms. The molecule has 3 heteroatoms. The van der Waals surface area contributed by atoms with Gasteiger partial charge in [0, 0.05) is 5.56 Å². The van der Waals surface area contributed by atoms with Crippen LogP contribution in [0, 0.1) is 23.4 Å². The van der Waals surface area contributed by atoms with Gasteiger partial charge >= 0.3 is 0 Å². The Morgan fingerprint density at radius 1 is 0.818 bits per heavy atom. The first-order valence-electron chi connectivity index (χ1n) is 12.0. The normalized spacial score (nSPS) is 18.3. The molecule has 0 aliphatic heterocycles. The van der Waals surface area contributed by atoms with Crippen molar-refractivity contribution in [1.29, 1.82) is 0 Å². The van der Waals surface area contributed by atoms with Gasteiger partial charge in [0.1, 0.15) is 5.82 Å². The van der Waals surface area contributed by atoms with E-state index in [0.717, 1.165) is 35.4 Å². The van der Waals surface area contributed by atoms with Crippen molar-refractivity contribution in [3.05, 3.63) is 95.8 Å². The molecule has 0 nitrogen and oxygen atoms in total. The molecule has 0 radical (unpaired) electrons. The van der Waals surface area contributed by atoms with Gasteiger partial charge in [0.2, 0.25) is 0 Å². The van der Waals surface area contributed by atoms with E-state index in [2.05, 4.69) is 13.5 Å². The molecule has 0 spiro atoms. The molecule has 0 atom stereocenters. The Balaban J connectivity index is 1.52. The summed E-state index contributed by atoms with van der Waals surface area (Å²) in [5.74, 6) is -0.707. The van der Waals surface area contributed by atoms with Crippen molar-refractivity contribution < 1.29 is 13.2 Å². The van der Waals surface area contributed by atoms with E-state index in [0.29, 0.717) is 29.9 Å². The van der Waals surface area contributed by atoms with E-state index in [4.69, 9.17) is 0 Å². The van der Waals surface area contributed by atoms with Crippen LogP contribution in [0.1, 0.15) is 62.5 Å². The van der Waals surface area contributed by atoms with Gasteiger partial charge in [-0.15, -0.1) is 6.58 Å². The number of halogens is 3. The molecule has 0 amide bonds. The minimum Gasteiger partial charge on any atom is -0.207 e. The zero-order chi connectivity index (χ0) is 23.4. The predicted molar refractivity (Wildman–Crippen MR) is 131 cm³/mol. The van der Waals surface area contributed by atoms with Gasteiger partial charge in [-0.2, -0.15) is 0 Å². The molecule has 1 aliphatic rings. The van der Waals surface area contributed by atoms with Gasteiger partial charge in [-0.25, -0.2) is 13.2 Å². The van der Waals surface area contributed by atoms with Crippen molar-refractivity contribution in [3.8, 4) is 22.3 Å². The average molecular weight is 449 g/mol. The molecule has 1 fully saturated rings. The summed E-state index contributed by atoms with van der Waals surface area (Å²) in [5.41, 5.74) is 3.63. The van der Waals surface area contributed by atoms with Gasteiger partial charge in [-0.05, 0) is 84.2 Å². The minimum atomic E-state index is -0.836. The second-order valence-electron chi connectivity index (χ2n) is 9.17. The van der Waals surface area contributed by atoms with E-state index in [1.165, 1.54) is 19.3 Å². The molecule has 0 unspecified atom stereocenters. The van der Waals surface area contributed by atoms with Gasteiger partial charge in [-0.3, -0.25) is 0 Å². The molecule has 3 aromatic carbocycles. The van der Waals surface area contributed by atoms with Crippen molar-refractivity contribution in [1.82, 2.24) is 0 Å². The summed E-state index contributed by atoms with van der Waals surface area (Å²) in [4.78, 5) is 0. The second kappa shape index (κ2) is 10.4. The highest BCUT2D eigenvalue weighted by Gasteiger charge is 2.23. The first-order valence-corrected chi connectivity index (χ1v) is 12.0. The van der Waals surface area contributed by atoms with Gasteiger partial charge in [0.25, 0.3) is 0 Å². The lowest BCUT2D eigenvalue weighted by atomic mass is 9.77. The second-order valence-corrected chi connectivity index (χ2v) is 9.17. The van der Waals surface area contributed by atoms with E-state index < -0.39 is 11.6 Å². The number of allylic oxidation sites excluding steroid dienone is 1. The third-order valence-electron chi connectivity index (χ3n) is 7.17. The zero-order valence-electron chi connectivity index (χ0n) is 19.2. The molecule has 1 aliphatic carbocycles. The van der Waals surface area contributed by atoms with E-state index in [-0.39, 0.29) is 11.4 Å². The summed E-state index contributed by atoms with van der Waals surface area (Å²) in [7, 11) is 0. The summed E-state index contributed by atoms with van der Waals surface area (Å²) in [5, 5.41) is 0. The van der Waals surface area contributed by atoms with Gasteiger partial charge < -0.3 is 0 Å². The van der Waals surface area contributed by atoms with Crippen LogP contribution in [0.4, 0.5) is 13.2 Å². The fraction of sp³-hybridized carbons (Fsp3) is 0.333. The molecule has 4 rings (SSSR count). The quantitative estimate of drug-likeness (QED) is 0.316. The van der Waals surface area contributed by atoms with Gasteiger partial charge in [-0.1, -0.05) is 68.0 Å². The Bertz CT molecular complexity index is 1110. The SMILES string of the molecule is C=CCCc1ccc(-c2ccc(-c3ccc(C4CCC(CC)CC4)c(F)c3)cc2)c(F)c1F. The highest BCUT2D eigenvalue weighted by Crippen LogP contribution is 2.39. The molecule has 0 N–H and O–H groups in total. The maximum atomic E-state index is 15.0. The topological polar surface area (TPSA) is 0 Å². The smallest absolute Gasteiger partial charge is 0.166 e. The van der Waals surface area contributed by atoms with Crippen LogP contribution in [-0.2, 0) is 6.42 Å². The first-order chi connectivity index (χ1) is 16.0. The van der Waals surface area contributed by atoms with E-state index in [1.54, 1.807) is 36.4 Å². The molecule has 1 saturated carbocycles. The molecule has 33 heavy (non-hydrogen) atoms. The zero-order valence-corrected chi connectivity index (χ0v) is 19.2. The summed E-state index contributed by atoms with van der Waals surface area (Å²) >= 11 is 0. The first kappa shape index (κ1) is 23.4. The Morgan fingerprint density at radius 2 is 1.48 bits per heavy atom. The number of benzene rings is 3. The summed E-state index contributed by atoms with van der Waals surface area (Å²) in [6.45, 7) is 5.86. The Labute approximate surface area is 195 Å². The number of aryl methyl sites for hydroxylation is 1. The van der Waals surface area contributed by atoms with Crippen molar-refractivity contribution in [2.45, 2.75) is 57.8 Å². The molecule has 3 aromatic rings. The van der Waals surface area contributed by atoms with Crippen molar-refractivity contribution >= 4 is 0 Å². The lowest BCUT2D eigenvalue weighted by molar-refractivity contribution is 0.314. The number of hydrogen-bond acceptors (Lipinski definition) is 0. The van der Waals surface area contributed by atoms with Crippen molar-refractivity contribution in [2.24, 2.45) is 5.92 Å². The molecular formula is C30H31F3. The van der Waals surface area contributed by atoms with Gasteiger partial charge in [0.15, 0.2) is 11.6 Å². The van der Waals surface area contributed by atoms with Crippen molar-refractivity contribution in [2.75, 3.05) is 0 Å². The molecule has 0 heterocycles. The lowest BCUT2D eigenvalue weighted by Crippen LogP contribution is -2.13. The van der Waals surface area contributed by atoms with Crippen LogP contribution >= 0.6 is 0 Å². The maximum absolute atomic E-state index is 15.0. The largest absolute Gasteiger partial charge is 0.207 e. The molecule has 0 aromatic heterocycles. The molecular weight excluding hydrogens is 417 g/mol. The highest BCUT2D eigenvalue weighted by molar-refractivity contribution is 5.71. The van der Waals surface area contributed by atoms with Crippen LogP contribution in [0.15, 0.2) is 67.3 Å².